The van der Waals surface area contributed by atoms with Gasteiger partial charge in [-0.25, -0.2) is 0 Å². The van der Waals surface area contributed by atoms with Crippen LogP contribution in [-0.4, -0.2) is 11.9 Å². The molecule has 17 heavy (non-hydrogen) atoms. The van der Waals surface area contributed by atoms with E-state index in [0.29, 0.717) is 10.6 Å². The van der Waals surface area contributed by atoms with Crippen molar-refractivity contribution in [2.45, 2.75) is 32.2 Å². The second kappa shape index (κ2) is 5.40. The van der Waals surface area contributed by atoms with E-state index in [0.717, 1.165) is 16.8 Å². The van der Waals surface area contributed by atoms with E-state index in [1.807, 2.05) is 0 Å². The van der Waals surface area contributed by atoms with Crippen molar-refractivity contribution in [2.75, 3.05) is 0 Å². The number of benzene rings is 1. The molecule has 1 aliphatic rings. The number of halogens is 2. The van der Waals surface area contributed by atoms with Gasteiger partial charge in [-0.05, 0) is 37.5 Å². The third kappa shape index (κ3) is 4.00. The van der Waals surface area contributed by atoms with Crippen LogP contribution in [0.25, 0.3) is 0 Å². The number of rotatable bonds is 4. The van der Waals surface area contributed by atoms with Crippen LogP contribution in [0.4, 0.5) is 0 Å². The molecule has 92 valence electrons. The highest BCUT2D eigenvalue weighted by molar-refractivity contribution is 9.10. The summed E-state index contributed by atoms with van der Waals surface area (Å²) >= 11 is 9.25. The molecule has 1 aromatic rings. The second-order valence-electron chi connectivity index (χ2n) is 4.71. The van der Waals surface area contributed by atoms with Gasteiger partial charge in [-0.2, -0.15) is 0 Å². The van der Waals surface area contributed by atoms with E-state index < -0.39 is 0 Å². The molecule has 2 rings (SSSR count). The van der Waals surface area contributed by atoms with Crippen LogP contribution in [0, 0.1) is 5.92 Å². The van der Waals surface area contributed by atoms with Crippen LogP contribution in [-0.2, 0) is 0 Å². The first-order chi connectivity index (χ1) is 8.04. The molecule has 0 radical (unpaired) electrons. The minimum atomic E-state index is -0.0543. The van der Waals surface area contributed by atoms with Gasteiger partial charge in [0.25, 0.3) is 5.91 Å². The van der Waals surface area contributed by atoms with Gasteiger partial charge in [0.1, 0.15) is 0 Å². The lowest BCUT2D eigenvalue weighted by molar-refractivity contribution is 0.0937. The lowest BCUT2D eigenvalue weighted by Crippen LogP contribution is -2.32. The lowest BCUT2D eigenvalue weighted by Gasteiger charge is -2.13. The molecule has 1 aromatic carbocycles. The second-order valence-corrected chi connectivity index (χ2v) is 6.06. The fourth-order valence-corrected chi connectivity index (χ4v) is 2.76. The summed E-state index contributed by atoms with van der Waals surface area (Å²) < 4.78 is 0.824. The van der Waals surface area contributed by atoms with E-state index in [1.54, 1.807) is 18.2 Å². The molecule has 0 aromatic heterocycles. The van der Waals surface area contributed by atoms with Gasteiger partial charge in [-0.3, -0.25) is 4.79 Å². The summed E-state index contributed by atoms with van der Waals surface area (Å²) in [6.07, 6.45) is 3.69. The summed E-state index contributed by atoms with van der Waals surface area (Å²) in [7, 11) is 0. The Kier molecular flexibility index (Phi) is 4.10. The molecule has 1 aliphatic carbocycles. The van der Waals surface area contributed by atoms with Crippen LogP contribution in [0.5, 0.6) is 0 Å². The smallest absolute Gasteiger partial charge is 0.251 e. The van der Waals surface area contributed by atoms with Crippen molar-refractivity contribution in [2.24, 2.45) is 5.92 Å². The minimum Gasteiger partial charge on any atom is -0.350 e. The fourth-order valence-electron chi connectivity index (χ4n) is 1.90. The standard InChI is InChI=1S/C13H15BrClNO/c1-8(4-9-2-3-9)16-13(17)10-5-11(14)7-12(15)6-10/h5-9H,2-4H2,1H3,(H,16,17). The van der Waals surface area contributed by atoms with Crippen molar-refractivity contribution in [1.29, 1.82) is 0 Å². The highest BCUT2D eigenvalue weighted by Crippen LogP contribution is 2.33. The summed E-state index contributed by atoms with van der Waals surface area (Å²) in [5.74, 6) is 0.762. The largest absolute Gasteiger partial charge is 0.350 e. The summed E-state index contributed by atoms with van der Waals surface area (Å²) in [6.45, 7) is 2.05. The van der Waals surface area contributed by atoms with Gasteiger partial charge in [-0.15, -0.1) is 0 Å². The third-order valence-corrected chi connectivity index (χ3v) is 3.56. The molecule has 1 amide bonds. The Morgan fingerprint density at radius 1 is 1.53 bits per heavy atom. The molecule has 0 saturated heterocycles. The van der Waals surface area contributed by atoms with Crippen molar-refractivity contribution in [3.05, 3.63) is 33.3 Å². The Hall–Kier alpha value is -0.540. The van der Waals surface area contributed by atoms with Crippen LogP contribution in [0.1, 0.15) is 36.5 Å². The van der Waals surface area contributed by atoms with Gasteiger partial charge in [0.2, 0.25) is 0 Å². The molecule has 1 saturated carbocycles. The predicted molar refractivity (Wildman–Crippen MR) is 73.4 cm³/mol. The predicted octanol–water partition coefficient (Wildman–Crippen LogP) is 4.02. The summed E-state index contributed by atoms with van der Waals surface area (Å²) in [6, 6.07) is 5.47. The van der Waals surface area contributed by atoms with Crippen molar-refractivity contribution in [3.63, 3.8) is 0 Å². The van der Waals surface area contributed by atoms with Crippen molar-refractivity contribution in [3.8, 4) is 0 Å². The Bertz CT molecular complexity index is 411. The molecular weight excluding hydrogens is 302 g/mol. The van der Waals surface area contributed by atoms with Crippen molar-refractivity contribution >= 4 is 33.4 Å². The Morgan fingerprint density at radius 2 is 2.24 bits per heavy atom. The molecule has 1 atom stereocenters. The number of hydrogen-bond acceptors (Lipinski definition) is 1. The normalized spacial score (nSPS) is 16.6. The van der Waals surface area contributed by atoms with Crippen LogP contribution in [0.2, 0.25) is 5.02 Å². The first-order valence-corrected chi connectivity index (χ1v) is 6.98. The molecule has 0 bridgehead atoms. The Balaban J connectivity index is 1.97. The number of amides is 1. The quantitative estimate of drug-likeness (QED) is 0.893. The summed E-state index contributed by atoms with van der Waals surface area (Å²) in [4.78, 5) is 12.0. The first-order valence-electron chi connectivity index (χ1n) is 5.81. The van der Waals surface area contributed by atoms with Crippen molar-refractivity contribution < 1.29 is 4.79 Å². The van der Waals surface area contributed by atoms with Crippen LogP contribution in [0.3, 0.4) is 0 Å². The highest BCUT2D eigenvalue weighted by atomic mass is 79.9. The maximum atomic E-state index is 12.0. The maximum Gasteiger partial charge on any atom is 0.251 e. The molecule has 0 aliphatic heterocycles. The monoisotopic (exact) mass is 315 g/mol. The zero-order valence-electron chi connectivity index (χ0n) is 9.67. The van der Waals surface area contributed by atoms with E-state index in [4.69, 9.17) is 11.6 Å². The number of carbonyl (C=O) groups excluding carboxylic acids is 1. The van der Waals surface area contributed by atoms with E-state index >= 15 is 0 Å². The van der Waals surface area contributed by atoms with Gasteiger partial charge in [0.05, 0.1) is 0 Å². The molecule has 4 heteroatoms. The fraction of sp³-hybridized carbons (Fsp3) is 0.462. The van der Waals surface area contributed by atoms with Gasteiger partial charge < -0.3 is 5.32 Å². The van der Waals surface area contributed by atoms with E-state index in [-0.39, 0.29) is 11.9 Å². The molecule has 2 nitrogen and oxygen atoms in total. The van der Waals surface area contributed by atoms with Gasteiger partial charge in [-0.1, -0.05) is 40.4 Å². The van der Waals surface area contributed by atoms with E-state index in [2.05, 4.69) is 28.2 Å². The average Bonchev–Trinajstić information content (AvgIpc) is 2.99. The zero-order valence-corrected chi connectivity index (χ0v) is 12.0. The zero-order chi connectivity index (χ0) is 12.4. The lowest BCUT2D eigenvalue weighted by atomic mass is 10.1. The third-order valence-electron chi connectivity index (χ3n) is 2.89. The number of hydrogen-bond donors (Lipinski definition) is 1. The Morgan fingerprint density at radius 3 is 2.82 bits per heavy atom. The minimum absolute atomic E-state index is 0.0543. The van der Waals surface area contributed by atoms with Gasteiger partial charge in [0, 0.05) is 21.1 Å². The van der Waals surface area contributed by atoms with E-state index in [9.17, 15) is 4.79 Å². The molecule has 0 heterocycles. The first kappa shape index (κ1) is 12.9. The van der Waals surface area contributed by atoms with Crippen LogP contribution in [0.15, 0.2) is 22.7 Å². The average molecular weight is 317 g/mol. The number of nitrogens with one attached hydrogen (secondary N) is 1. The maximum absolute atomic E-state index is 12.0. The molecule has 0 spiro atoms. The van der Waals surface area contributed by atoms with Gasteiger partial charge >= 0.3 is 0 Å². The SMILES string of the molecule is CC(CC1CC1)NC(=O)c1cc(Cl)cc(Br)c1. The molecular formula is C13H15BrClNO. The highest BCUT2D eigenvalue weighted by Gasteiger charge is 2.24. The van der Waals surface area contributed by atoms with Crippen LogP contribution >= 0.6 is 27.5 Å². The van der Waals surface area contributed by atoms with E-state index in [1.165, 1.54) is 12.8 Å². The summed E-state index contributed by atoms with van der Waals surface area (Å²) in [5.41, 5.74) is 0.604. The van der Waals surface area contributed by atoms with Crippen LogP contribution < -0.4 is 5.32 Å². The molecule has 1 unspecified atom stereocenters. The van der Waals surface area contributed by atoms with Crippen molar-refractivity contribution in [1.82, 2.24) is 5.32 Å². The Labute approximate surface area is 115 Å². The van der Waals surface area contributed by atoms with Gasteiger partial charge in [0.15, 0.2) is 0 Å². The summed E-state index contributed by atoms with van der Waals surface area (Å²) in [5, 5.41) is 3.57. The molecule has 1 fully saturated rings. The topological polar surface area (TPSA) is 29.1 Å². The number of carbonyl (C=O) groups is 1. The molecule has 1 N–H and O–H groups in total.